The van der Waals surface area contributed by atoms with E-state index >= 15 is 0 Å². The predicted octanol–water partition coefficient (Wildman–Crippen LogP) is 3.22. The van der Waals surface area contributed by atoms with E-state index in [4.69, 9.17) is 0 Å². The molecular formula is C16H19N3OS2. The van der Waals surface area contributed by atoms with Crippen molar-refractivity contribution in [2.75, 3.05) is 24.5 Å². The summed E-state index contributed by atoms with van der Waals surface area (Å²) in [4.78, 5) is 21.8. The second-order valence-corrected chi connectivity index (χ2v) is 7.97. The number of thiazole rings is 1. The van der Waals surface area contributed by atoms with E-state index in [9.17, 15) is 4.79 Å². The van der Waals surface area contributed by atoms with Gasteiger partial charge >= 0.3 is 0 Å². The minimum Gasteiger partial charge on any atom is -0.311 e. The molecule has 2 aromatic rings. The van der Waals surface area contributed by atoms with Gasteiger partial charge in [0.05, 0.1) is 17.6 Å². The lowest BCUT2D eigenvalue weighted by Gasteiger charge is -2.38. The van der Waals surface area contributed by atoms with Crippen LogP contribution in [-0.4, -0.2) is 35.4 Å². The summed E-state index contributed by atoms with van der Waals surface area (Å²) >= 11 is 3.36. The molecule has 22 heavy (non-hydrogen) atoms. The molecule has 1 spiro atoms. The zero-order valence-corrected chi connectivity index (χ0v) is 14.0. The molecule has 116 valence electrons. The number of carbonyl (C=O) groups excluding carboxylic acids is 1. The standard InChI is InChI=1S/C16H19N3OS2/c20-15-16(4-7-19(15)13-2-8-21-11-13)3-1-6-18(12-16)10-14-17-5-9-22-14/h2,5,8-9,11H,1,3-4,6-7,10,12H2/t16-/m1/s1. The predicted molar refractivity (Wildman–Crippen MR) is 90.3 cm³/mol. The van der Waals surface area contributed by atoms with Crippen LogP contribution in [0.5, 0.6) is 0 Å². The average molecular weight is 333 g/mol. The number of anilines is 1. The highest BCUT2D eigenvalue weighted by Crippen LogP contribution is 2.42. The third kappa shape index (κ3) is 2.49. The number of nitrogens with zero attached hydrogens (tertiary/aromatic N) is 3. The van der Waals surface area contributed by atoms with E-state index in [1.165, 1.54) is 0 Å². The molecule has 2 saturated heterocycles. The van der Waals surface area contributed by atoms with Crippen molar-refractivity contribution in [3.8, 4) is 0 Å². The second-order valence-electron chi connectivity index (χ2n) is 6.21. The highest BCUT2D eigenvalue weighted by Gasteiger charge is 2.49. The van der Waals surface area contributed by atoms with Crippen molar-refractivity contribution in [2.24, 2.45) is 5.41 Å². The number of hydrogen-bond acceptors (Lipinski definition) is 5. The fraction of sp³-hybridized carbons (Fsp3) is 0.500. The van der Waals surface area contributed by atoms with Crippen LogP contribution in [-0.2, 0) is 11.3 Å². The monoisotopic (exact) mass is 333 g/mol. The van der Waals surface area contributed by atoms with Gasteiger partial charge in [-0.05, 0) is 37.3 Å². The first-order chi connectivity index (χ1) is 10.8. The molecule has 4 rings (SSSR count). The van der Waals surface area contributed by atoms with Crippen molar-refractivity contribution in [1.29, 1.82) is 0 Å². The summed E-state index contributed by atoms with van der Waals surface area (Å²) in [6.07, 6.45) is 4.98. The molecule has 0 bridgehead atoms. The topological polar surface area (TPSA) is 36.4 Å². The van der Waals surface area contributed by atoms with Crippen LogP contribution in [0.25, 0.3) is 0 Å². The molecule has 0 N–H and O–H groups in total. The van der Waals surface area contributed by atoms with Gasteiger partial charge in [-0.3, -0.25) is 9.69 Å². The van der Waals surface area contributed by atoms with Gasteiger partial charge in [0.2, 0.25) is 5.91 Å². The molecule has 0 saturated carbocycles. The fourth-order valence-electron chi connectivity index (χ4n) is 3.74. The molecule has 1 atom stereocenters. The van der Waals surface area contributed by atoms with E-state index in [1.54, 1.807) is 22.7 Å². The van der Waals surface area contributed by atoms with Gasteiger partial charge in [-0.25, -0.2) is 4.98 Å². The Morgan fingerprint density at radius 1 is 1.27 bits per heavy atom. The molecule has 2 aliphatic heterocycles. The molecule has 0 unspecified atom stereocenters. The summed E-state index contributed by atoms with van der Waals surface area (Å²) < 4.78 is 0. The van der Waals surface area contributed by atoms with Crippen LogP contribution in [0.15, 0.2) is 28.4 Å². The summed E-state index contributed by atoms with van der Waals surface area (Å²) in [7, 11) is 0. The van der Waals surface area contributed by atoms with Crippen molar-refractivity contribution in [1.82, 2.24) is 9.88 Å². The Hall–Kier alpha value is -1.24. The summed E-state index contributed by atoms with van der Waals surface area (Å²) in [6.45, 7) is 3.70. The maximum Gasteiger partial charge on any atom is 0.234 e. The quantitative estimate of drug-likeness (QED) is 0.865. The number of rotatable bonds is 3. The number of amides is 1. The fourth-order valence-corrected chi connectivity index (χ4v) is 5.04. The summed E-state index contributed by atoms with van der Waals surface area (Å²) in [5.74, 6) is 0.328. The van der Waals surface area contributed by atoms with E-state index < -0.39 is 0 Å². The number of piperidine rings is 1. The van der Waals surface area contributed by atoms with Gasteiger partial charge in [0.1, 0.15) is 5.01 Å². The molecule has 2 fully saturated rings. The first-order valence-corrected chi connectivity index (χ1v) is 9.54. The van der Waals surface area contributed by atoms with Gasteiger partial charge in [0.15, 0.2) is 0 Å². The maximum atomic E-state index is 13.0. The number of hydrogen-bond donors (Lipinski definition) is 0. The zero-order valence-electron chi connectivity index (χ0n) is 12.4. The van der Waals surface area contributed by atoms with Crippen molar-refractivity contribution >= 4 is 34.3 Å². The first kappa shape index (κ1) is 14.4. The highest BCUT2D eigenvalue weighted by atomic mass is 32.1. The highest BCUT2D eigenvalue weighted by molar-refractivity contribution is 7.09. The first-order valence-electron chi connectivity index (χ1n) is 7.72. The van der Waals surface area contributed by atoms with Gasteiger partial charge in [0, 0.05) is 30.0 Å². The lowest BCUT2D eigenvalue weighted by Crippen LogP contribution is -2.47. The third-order valence-corrected chi connectivity index (χ3v) is 6.26. The van der Waals surface area contributed by atoms with Crippen LogP contribution < -0.4 is 4.90 Å². The third-order valence-electron chi connectivity index (χ3n) is 4.83. The Bertz CT molecular complexity index is 640. The maximum absolute atomic E-state index is 13.0. The van der Waals surface area contributed by atoms with E-state index in [0.717, 1.165) is 56.1 Å². The van der Waals surface area contributed by atoms with Gasteiger partial charge < -0.3 is 4.90 Å². The van der Waals surface area contributed by atoms with Crippen molar-refractivity contribution in [2.45, 2.75) is 25.8 Å². The van der Waals surface area contributed by atoms with Crippen LogP contribution in [0.2, 0.25) is 0 Å². The van der Waals surface area contributed by atoms with E-state index in [-0.39, 0.29) is 5.41 Å². The Balaban J connectivity index is 1.50. The Labute approximate surface area is 138 Å². The minimum absolute atomic E-state index is 0.169. The molecule has 0 aliphatic carbocycles. The molecule has 4 nitrogen and oxygen atoms in total. The van der Waals surface area contributed by atoms with Crippen molar-refractivity contribution in [3.63, 3.8) is 0 Å². The van der Waals surface area contributed by atoms with Gasteiger partial charge in [-0.15, -0.1) is 11.3 Å². The van der Waals surface area contributed by atoms with Gasteiger partial charge in [-0.2, -0.15) is 11.3 Å². The molecular weight excluding hydrogens is 314 g/mol. The normalized spacial score (nSPS) is 26.2. The molecule has 6 heteroatoms. The Kier molecular flexibility index (Phi) is 3.76. The lowest BCUT2D eigenvalue weighted by atomic mass is 9.78. The van der Waals surface area contributed by atoms with Crippen molar-refractivity contribution in [3.05, 3.63) is 33.4 Å². The summed E-state index contributed by atoms with van der Waals surface area (Å²) in [5, 5.41) is 7.29. The van der Waals surface area contributed by atoms with Crippen LogP contribution in [0, 0.1) is 5.41 Å². The number of likely N-dealkylation sites (tertiary alicyclic amines) is 1. The number of aromatic nitrogens is 1. The van der Waals surface area contributed by atoms with Gasteiger partial charge in [0.25, 0.3) is 0 Å². The van der Waals surface area contributed by atoms with Gasteiger partial charge in [-0.1, -0.05) is 0 Å². The van der Waals surface area contributed by atoms with E-state index in [0.29, 0.717) is 5.91 Å². The zero-order chi connectivity index (χ0) is 15.0. The molecule has 4 heterocycles. The van der Waals surface area contributed by atoms with E-state index in [2.05, 4.69) is 21.3 Å². The SMILES string of the molecule is O=C1N(c2ccsc2)CC[C@@]12CCCN(Cc1nccs1)C2. The Morgan fingerprint density at radius 2 is 2.23 bits per heavy atom. The van der Waals surface area contributed by atoms with Crippen molar-refractivity contribution < 1.29 is 4.79 Å². The summed E-state index contributed by atoms with van der Waals surface area (Å²) in [6, 6.07) is 2.05. The summed E-state index contributed by atoms with van der Waals surface area (Å²) in [5.41, 5.74) is 0.904. The van der Waals surface area contributed by atoms with Crippen LogP contribution >= 0.6 is 22.7 Å². The number of thiophene rings is 1. The molecule has 2 aromatic heterocycles. The second kappa shape index (κ2) is 5.76. The molecule has 0 radical (unpaired) electrons. The largest absolute Gasteiger partial charge is 0.311 e. The Morgan fingerprint density at radius 3 is 3.00 bits per heavy atom. The lowest BCUT2D eigenvalue weighted by molar-refractivity contribution is -0.128. The molecule has 1 amide bonds. The van der Waals surface area contributed by atoms with Crippen LogP contribution in [0.1, 0.15) is 24.3 Å². The smallest absolute Gasteiger partial charge is 0.234 e. The average Bonchev–Trinajstić information content (AvgIpc) is 3.24. The molecule has 2 aliphatic rings. The van der Waals surface area contributed by atoms with Crippen LogP contribution in [0.4, 0.5) is 5.69 Å². The minimum atomic E-state index is -0.169. The number of carbonyl (C=O) groups is 1. The van der Waals surface area contributed by atoms with Crippen LogP contribution in [0.3, 0.4) is 0 Å². The van der Waals surface area contributed by atoms with E-state index in [1.807, 2.05) is 21.9 Å². The molecule has 0 aromatic carbocycles.